The van der Waals surface area contributed by atoms with Crippen molar-refractivity contribution in [2.75, 3.05) is 6.54 Å². The van der Waals surface area contributed by atoms with Crippen molar-refractivity contribution in [2.45, 2.75) is 13.0 Å². The highest BCUT2D eigenvalue weighted by atomic mass is 79.9. The third-order valence-electron chi connectivity index (χ3n) is 1.77. The molecule has 0 spiro atoms. The van der Waals surface area contributed by atoms with E-state index in [1.807, 2.05) is 18.2 Å². The van der Waals surface area contributed by atoms with Crippen LogP contribution in [0.15, 0.2) is 22.7 Å². The van der Waals surface area contributed by atoms with Crippen LogP contribution in [0.25, 0.3) is 0 Å². The number of halogens is 2. The predicted molar refractivity (Wildman–Crippen MR) is 64.3 cm³/mol. The van der Waals surface area contributed by atoms with E-state index in [1.54, 1.807) is 0 Å². The first-order valence-electron chi connectivity index (χ1n) is 4.32. The smallest absolute Gasteiger partial charge is 0.0410 e. The highest BCUT2D eigenvalue weighted by Crippen LogP contribution is 2.20. The molecule has 3 heteroatoms. The monoisotopic (exact) mass is 271 g/mol. The van der Waals surface area contributed by atoms with E-state index in [4.69, 9.17) is 18.0 Å². The Hall–Kier alpha value is -0.490. The molecule has 0 fully saturated rings. The molecule has 0 atom stereocenters. The summed E-state index contributed by atoms with van der Waals surface area (Å²) in [4.78, 5) is 0. The molecule has 0 aliphatic carbocycles. The van der Waals surface area contributed by atoms with Gasteiger partial charge in [0.2, 0.25) is 0 Å². The molecule has 0 amide bonds. The number of terminal acetylenes is 1. The minimum absolute atomic E-state index is 0.748. The largest absolute Gasteiger partial charge is 0.312 e. The van der Waals surface area contributed by atoms with E-state index in [1.165, 1.54) is 0 Å². The lowest BCUT2D eigenvalue weighted by Crippen LogP contribution is -2.14. The number of benzene rings is 1. The van der Waals surface area contributed by atoms with Crippen LogP contribution in [-0.2, 0) is 6.54 Å². The molecule has 1 aromatic rings. The molecule has 74 valence electrons. The second kappa shape index (κ2) is 6.08. The molecular formula is C11H11BrClN. The summed E-state index contributed by atoms with van der Waals surface area (Å²) in [6.07, 6.45) is 5.89. The third-order valence-corrected chi connectivity index (χ3v) is 2.78. The molecule has 14 heavy (non-hydrogen) atoms. The Bertz CT molecular complexity index is 344. The number of nitrogens with one attached hydrogen (secondary N) is 1. The summed E-state index contributed by atoms with van der Waals surface area (Å²) in [5, 5.41) is 3.99. The summed E-state index contributed by atoms with van der Waals surface area (Å²) >= 11 is 9.34. The van der Waals surface area contributed by atoms with Crippen molar-refractivity contribution in [1.82, 2.24) is 5.32 Å². The summed E-state index contributed by atoms with van der Waals surface area (Å²) in [6.45, 7) is 1.61. The zero-order valence-electron chi connectivity index (χ0n) is 7.69. The zero-order chi connectivity index (χ0) is 10.4. The van der Waals surface area contributed by atoms with Crippen LogP contribution >= 0.6 is 27.5 Å². The molecule has 0 unspecified atom stereocenters. The average molecular weight is 273 g/mol. The molecule has 0 saturated carbocycles. The molecule has 0 heterocycles. The van der Waals surface area contributed by atoms with Crippen LogP contribution in [0.4, 0.5) is 0 Å². The zero-order valence-corrected chi connectivity index (χ0v) is 10.0. The number of hydrogen-bond acceptors (Lipinski definition) is 1. The first-order chi connectivity index (χ1) is 6.74. The Labute approximate surface area is 98.0 Å². The van der Waals surface area contributed by atoms with Crippen LogP contribution in [0, 0.1) is 12.3 Å². The van der Waals surface area contributed by atoms with Crippen molar-refractivity contribution in [1.29, 1.82) is 0 Å². The SMILES string of the molecule is C#CCCNCc1cc(Cl)ccc1Br. The van der Waals surface area contributed by atoms with Crippen molar-refractivity contribution < 1.29 is 0 Å². The molecule has 1 rings (SSSR count). The van der Waals surface area contributed by atoms with E-state index >= 15 is 0 Å². The summed E-state index contributed by atoms with van der Waals surface area (Å²) in [6, 6.07) is 5.74. The Morgan fingerprint density at radius 3 is 3.00 bits per heavy atom. The Kier molecular flexibility index (Phi) is 5.03. The maximum Gasteiger partial charge on any atom is 0.0410 e. The van der Waals surface area contributed by atoms with Crippen molar-refractivity contribution >= 4 is 27.5 Å². The van der Waals surface area contributed by atoms with Gasteiger partial charge in [-0.05, 0) is 23.8 Å². The lowest BCUT2D eigenvalue weighted by Gasteiger charge is -2.05. The van der Waals surface area contributed by atoms with Gasteiger partial charge in [0, 0.05) is 29.0 Å². The van der Waals surface area contributed by atoms with Crippen LogP contribution in [0.1, 0.15) is 12.0 Å². The lowest BCUT2D eigenvalue weighted by molar-refractivity contribution is 0.699. The van der Waals surface area contributed by atoms with Crippen LogP contribution < -0.4 is 5.32 Å². The molecule has 0 radical (unpaired) electrons. The fraction of sp³-hybridized carbons (Fsp3) is 0.273. The first-order valence-corrected chi connectivity index (χ1v) is 5.49. The molecule has 1 nitrogen and oxygen atoms in total. The van der Waals surface area contributed by atoms with Crippen LogP contribution in [0.2, 0.25) is 5.02 Å². The molecule has 1 aromatic carbocycles. The quantitative estimate of drug-likeness (QED) is 0.655. The fourth-order valence-electron chi connectivity index (χ4n) is 1.06. The second-order valence-corrected chi connectivity index (χ2v) is 4.16. The van der Waals surface area contributed by atoms with Gasteiger partial charge in [-0.2, -0.15) is 0 Å². The van der Waals surface area contributed by atoms with Crippen LogP contribution in [-0.4, -0.2) is 6.54 Å². The Balaban J connectivity index is 2.50. The predicted octanol–water partition coefficient (Wildman–Crippen LogP) is 3.22. The van der Waals surface area contributed by atoms with Crippen molar-refractivity contribution in [3.05, 3.63) is 33.3 Å². The number of rotatable bonds is 4. The van der Waals surface area contributed by atoms with Gasteiger partial charge in [0.1, 0.15) is 0 Å². The van der Waals surface area contributed by atoms with Crippen molar-refractivity contribution in [3.8, 4) is 12.3 Å². The summed E-state index contributed by atoms with van der Waals surface area (Å²) in [5.41, 5.74) is 1.15. The summed E-state index contributed by atoms with van der Waals surface area (Å²) in [7, 11) is 0. The van der Waals surface area contributed by atoms with E-state index in [0.717, 1.165) is 34.6 Å². The minimum atomic E-state index is 0.748. The van der Waals surface area contributed by atoms with E-state index in [0.29, 0.717) is 0 Å². The Morgan fingerprint density at radius 1 is 1.50 bits per heavy atom. The summed E-state index contributed by atoms with van der Waals surface area (Å²) < 4.78 is 1.06. The van der Waals surface area contributed by atoms with Gasteiger partial charge in [0.05, 0.1) is 0 Å². The highest BCUT2D eigenvalue weighted by molar-refractivity contribution is 9.10. The lowest BCUT2D eigenvalue weighted by atomic mass is 10.2. The molecule has 0 aliphatic heterocycles. The molecule has 0 aromatic heterocycles. The topological polar surface area (TPSA) is 12.0 Å². The van der Waals surface area contributed by atoms with Gasteiger partial charge in [-0.15, -0.1) is 12.3 Å². The van der Waals surface area contributed by atoms with E-state index < -0.39 is 0 Å². The molecular weight excluding hydrogens is 261 g/mol. The van der Waals surface area contributed by atoms with Gasteiger partial charge in [0.25, 0.3) is 0 Å². The Morgan fingerprint density at radius 2 is 2.29 bits per heavy atom. The van der Waals surface area contributed by atoms with Gasteiger partial charge < -0.3 is 5.32 Å². The van der Waals surface area contributed by atoms with E-state index in [9.17, 15) is 0 Å². The number of hydrogen-bond donors (Lipinski definition) is 1. The standard InChI is InChI=1S/C11H11BrClN/c1-2-3-6-14-8-9-7-10(13)4-5-11(9)12/h1,4-5,7,14H,3,6,8H2. The van der Waals surface area contributed by atoms with E-state index in [2.05, 4.69) is 27.2 Å². The highest BCUT2D eigenvalue weighted by Gasteiger charge is 1.99. The molecule has 0 aliphatic rings. The third kappa shape index (κ3) is 3.71. The second-order valence-electron chi connectivity index (χ2n) is 2.87. The molecule has 0 saturated heterocycles. The molecule has 0 bridgehead atoms. The van der Waals surface area contributed by atoms with Crippen LogP contribution in [0.5, 0.6) is 0 Å². The minimum Gasteiger partial charge on any atom is -0.312 e. The van der Waals surface area contributed by atoms with Crippen molar-refractivity contribution in [2.24, 2.45) is 0 Å². The first kappa shape index (κ1) is 11.6. The fourth-order valence-corrected chi connectivity index (χ4v) is 1.64. The van der Waals surface area contributed by atoms with Crippen LogP contribution in [0.3, 0.4) is 0 Å². The normalized spacial score (nSPS) is 9.79. The maximum absolute atomic E-state index is 5.88. The van der Waals surface area contributed by atoms with Gasteiger partial charge in [-0.25, -0.2) is 0 Å². The van der Waals surface area contributed by atoms with Crippen molar-refractivity contribution in [3.63, 3.8) is 0 Å². The van der Waals surface area contributed by atoms with E-state index in [-0.39, 0.29) is 0 Å². The van der Waals surface area contributed by atoms with Gasteiger partial charge in [-0.1, -0.05) is 27.5 Å². The van der Waals surface area contributed by atoms with Gasteiger partial charge in [0.15, 0.2) is 0 Å². The van der Waals surface area contributed by atoms with Gasteiger partial charge >= 0.3 is 0 Å². The summed E-state index contributed by atoms with van der Waals surface area (Å²) in [5.74, 6) is 2.58. The average Bonchev–Trinajstić information content (AvgIpc) is 2.18. The molecule has 1 N–H and O–H groups in total. The maximum atomic E-state index is 5.88. The van der Waals surface area contributed by atoms with Gasteiger partial charge in [-0.3, -0.25) is 0 Å².